The summed E-state index contributed by atoms with van der Waals surface area (Å²) in [5, 5.41) is 3.19. The molecule has 1 aromatic heterocycles. The van der Waals surface area contributed by atoms with E-state index in [1.54, 1.807) is 19.2 Å². The van der Waals surface area contributed by atoms with Crippen LogP contribution >= 0.6 is 0 Å². The highest BCUT2D eigenvalue weighted by molar-refractivity contribution is 5.99. The molecule has 140 valence electrons. The van der Waals surface area contributed by atoms with Crippen molar-refractivity contribution in [2.45, 2.75) is 20.4 Å². The first-order chi connectivity index (χ1) is 13.0. The maximum absolute atomic E-state index is 13.2. The molecule has 0 amide bonds. The summed E-state index contributed by atoms with van der Waals surface area (Å²) in [6.45, 7) is 4.62. The summed E-state index contributed by atoms with van der Waals surface area (Å²) in [6, 6.07) is 15.9. The van der Waals surface area contributed by atoms with Gasteiger partial charge in [0.1, 0.15) is 11.6 Å². The number of aromatic nitrogens is 1. The van der Waals surface area contributed by atoms with Gasteiger partial charge in [0.25, 0.3) is 0 Å². The lowest BCUT2D eigenvalue weighted by Crippen LogP contribution is -2.23. The number of para-hydroxylation sites is 1. The number of hydrogen-bond donors (Lipinski definition) is 1. The first-order valence-corrected chi connectivity index (χ1v) is 8.82. The number of benzene rings is 2. The average molecular weight is 366 g/mol. The van der Waals surface area contributed by atoms with Gasteiger partial charge in [0.2, 0.25) is 0 Å². The summed E-state index contributed by atoms with van der Waals surface area (Å²) in [5.41, 5.74) is 4.30. The zero-order chi connectivity index (χ0) is 19.4. The minimum Gasteiger partial charge on any atom is -0.496 e. The smallest absolute Gasteiger partial charge is 0.178 e. The first-order valence-electron chi connectivity index (χ1n) is 8.82. The number of carbonyl (C=O) groups excluding carboxylic acids is 1. The highest BCUT2D eigenvalue weighted by Crippen LogP contribution is 2.22. The van der Waals surface area contributed by atoms with E-state index in [1.807, 2.05) is 48.7 Å². The van der Waals surface area contributed by atoms with Crippen LogP contribution in [0.1, 0.15) is 27.3 Å². The van der Waals surface area contributed by atoms with Crippen molar-refractivity contribution in [1.29, 1.82) is 0 Å². The SMILES string of the molecule is COc1ccccc1CNCC(=O)c1cc(C)n(-c2ccc(F)cc2)c1C. The number of ether oxygens (including phenoxy) is 1. The van der Waals surface area contributed by atoms with Crippen molar-refractivity contribution in [2.24, 2.45) is 0 Å². The van der Waals surface area contributed by atoms with E-state index in [9.17, 15) is 9.18 Å². The molecule has 0 atom stereocenters. The molecule has 0 bridgehead atoms. The number of carbonyl (C=O) groups is 1. The predicted octanol–water partition coefficient (Wildman–Crippen LogP) is 4.21. The Labute approximate surface area is 158 Å². The second kappa shape index (κ2) is 8.18. The number of aryl methyl sites for hydroxylation is 1. The Morgan fingerprint density at radius 1 is 1.11 bits per heavy atom. The highest BCUT2D eigenvalue weighted by atomic mass is 19.1. The molecule has 0 saturated heterocycles. The van der Waals surface area contributed by atoms with Gasteiger partial charge in [-0.25, -0.2) is 4.39 Å². The summed E-state index contributed by atoms with van der Waals surface area (Å²) >= 11 is 0. The lowest BCUT2D eigenvalue weighted by Gasteiger charge is -2.10. The Balaban J connectivity index is 1.72. The lowest BCUT2D eigenvalue weighted by molar-refractivity contribution is 0.0990. The third-order valence-corrected chi connectivity index (χ3v) is 4.61. The van der Waals surface area contributed by atoms with E-state index < -0.39 is 0 Å². The largest absolute Gasteiger partial charge is 0.496 e. The van der Waals surface area contributed by atoms with E-state index in [4.69, 9.17) is 4.74 Å². The quantitative estimate of drug-likeness (QED) is 0.637. The van der Waals surface area contributed by atoms with Crippen LogP contribution in [-0.4, -0.2) is 24.0 Å². The first kappa shape index (κ1) is 18.9. The molecule has 0 spiro atoms. The summed E-state index contributed by atoms with van der Waals surface area (Å²) < 4.78 is 20.5. The number of nitrogens with zero attached hydrogens (tertiary/aromatic N) is 1. The number of hydrogen-bond acceptors (Lipinski definition) is 3. The van der Waals surface area contributed by atoms with Crippen molar-refractivity contribution in [3.05, 3.63) is 82.9 Å². The van der Waals surface area contributed by atoms with Crippen LogP contribution in [0.25, 0.3) is 5.69 Å². The lowest BCUT2D eigenvalue weighted by atomic mass is 10.1. The molecule has 1 heterocycles. The Bertz CT molecular complexity index is 945. The second-order valence-electron chi connectivity index (χ2n) is 6.44. The highest BCUT2D eigenvalue weighted by Gasteiger charge is 2.16. The maximum atomic E-state index is 13.2. The molecule has 27 heavy (non-hydrogen) atoms. The van der Waals surface area contributed by atoms with E-state index in [0.717, 1.165) is 28.4 Å². The molecular weight excluding hydrogens is 343 g/mol. The number of methoxy groups -OCH3 is 1. The Hall–Kier alpha value is -2.92. The molecule has 0 aliphatic rings. The maximum Gasteiger partial charge on any atom is 0.178 e. The van der Waals surface area contributed by atoms with Gasteiger partial charge in [-0.15, -0.1) is 0 Å². The van der Waals surface area contributed by atoms with Crippen LogP contribution in [0.4, 0.5) is 4.39 Å². The molecule has 0 aliphatic carbocycles. The van der Waals surface area contributed by atoms with Gasteiger partial charge >= 0.3 is 0 Å². The van der Waals surface area contributed by atoms with Gasteiger partial charge in [-0.2, -0.15) is 0 Å². The molecule has 2 aromatic carbocycles. The van der Waals surface area contributed by atoms with Crippen molar-refractivity contribution in [2.75, 3.05) is 13.7 Å². The van der Waals surface area contributed by atoms with E-state index in [1.165, 1.54) is 12.1 Å². The minimum absolute atomic E-state index is 0.0198. The van der Waals surface area contributed by atoms with Crippen LogP contribution in [-0.2, 0) is 6.54 Å². The second-order valence-corrected chi connectivity index (χ2v) is 6.44. The molecule has 5 heteroatoms. The Morgan fingerprint density at radius 2 is 1.81 bits per heavy atom. The summed E-state index contributed by atoms with van der Waals surface area (Å²) in [7, 11) is 1.63. The molecular formula is C22H23FN2O2. The standard InChI is InChI=1S/C22H23FN2O2/c1-15-12-20(16(2)25(15)19-10-8-18(23)9-11-19)21(26)14-24-13-17-6-4-5-7-22(17)27-3/h4-12,24H,13-14H2,1-3H3. The molecule has 4 nitrogen and oxygen atoms in total. The van der Waals surface area contributed by atoms with Crippen LogP contribution in [0.15, 0.2) is 54.6 Å². The molecule has 3 rings (SSSR count). The minimum atomic E-state index is -0.280. The summed E-state index contributed by atoms with van der Waals surface area (Å²) in [4.78, 5) is 12.7. The number of Topliss-reactive ketones (excluding diaryl/α,β-unsaturated/α-hetero) is 1. The topological polar surface area (TPSA) is 43.3 Å². The van der Waals surface area contributed by atoms with Crippen molar-refractivity contribution in [3.8, 4) is 11.4 Å². The van der Waals surface area contributed by atoms with Crippen LogP contribution in [0.2, 0.25) is 0 Å². The van der Waals surface area contributed by atoms with E-state index in [0.29, 0.717) is 12.1 Å². The fraction of sp³-hybridized carbons (Fsp3) is 0.227. The van der Waals surface area contributed by atoms with E-state index in [2.05, 4.69) is 5.32 Å². The van der Waals surface area contributed by atoms with Gasteiger partial charge < -0.3 is 14.6 Å². The van der Waals surface area contributed by atoms with Gasteiger partial charge in [-0.05, 0) is 50.2 Å². The van der Waals surface area contributed by atoms with Gasteiger partial charge in [-0.3, -0.25) is 4.79 Å². The Morgan fingerprint density at radius 3 is 2.52 bits per heavy atom. The van der Waals surface area contributed by atoms with Gasteiger partial charge in [0.05, 0.1) is 13.7 Å². The summed E-state index contributed by atoms with van der Waals surface area (Å²) in [6.07, 6.45) is 0. The molecule has 0 unspecified atom stereocenters. The molecule has 0 fully saturated rings. The number of ketones is 1. The monoisotopic (exact) mass is 366 g/mol. The normalized spacial score (nSPS) is 10.8. The number of nitrogens with one attached hydrogen (secondary N) is 1. The molecule has 0 aliphatic heterocycles. The van der Waals surface area contributed by atoms with Crippen molar-refractivity contribution >= 4 is 5.78 Å². The van der Waals surface area contributed by atoms with Crippen molar-refractivity contribution < 1.29 is 13.9 Å². The zero-order valence-corrected chi connectivity index (χ0v) is 15.8. The molecule has 0 saturated carbocycles. The van der Waals surface area contributed by atoms with Crippen molar-refractivity contribution in [1.82, 2.24) is 9.88 Å². The van der Waals surface area contributed by atoms with Crippen LogP contribution in [0, 0.1) is 19.7 Å². The van der Waals surface area contributed by atoms with Crippen LogP contribution < -0.4 is 10.1 Å². The van der Waals surface area contributed by atoms with Gasteiger partial charge in [-0.1, -0.05) is 18.2 Å². The fourth-order valence-corrected chi connectivity index (χ4v) is 3.29. The fourth-order valence-electron chi connectivity index (χ4n) is 3.29. The van der Waals surface area contributed by atoms with Gasteiger partial charge in [0, 0.05) is 34.7 Å². The molecule has 1 N–H and O–H groups in total. The molecule has 3 aromatic rings. The third kappa shape index (κ3) is 4.09. The van der Waals surface area contributed by atoms with E-state index in [-0.39, 0.29) is 18.1 Å². The van der Waals surface area contributed by atoms with Crippen molar-refractivity contribution in [3.63, 3.8) is 0 Å². The predicted molar refractivity (Wildman–Crippen MR) is 104 cm³/mol. The van der Waals surface area contributed by atoms with Gasteiger partial charge in [0.15, 0.2) is 5.78 Å². The number of rotatable bonds is 7. The van der Waals surface area contributed by atoms with Crippen LogP contribution in [0.3, 0.4) is 0 Å². The average Bonchev–Trinajstić information content (AvgIpc) is 2.97. The number of halogens is 1. The zero-order valence-electron chi connectivity index (χ0n) is 15.8. The third-order valence-electron chi connectivity index (χ3n) is 4.61. The van der Waals surface area contributed by atoms with Crippen LogP contribution in [0.5, 0.6) is 5.75 Å². The Kier molecular flexibility index (Phi) is 5.72. The molecule has 0 radical (unpaired) electrons. The van der Waals surface area contributed by atoms with E-state index >= 15 is 0 Å². The summed E-state index contributed by atoms with van der Waals surface area (Å²) in [5.74, 6) is 0.538.